The zero-order chi connectivity index (χ0) is 6.69. The van der Waals surface area contributed by atoms with Crippen molar-refractivity contribution < 1.29 is 4.76 Å². The first-order valence-electron chi connectivity index (χ1n) is 3.57. The third-order valence-corrected chi connectivity index (χ3v) is 1.86. The normalized spacial score (nSPS) is 27.2. The Labute approximate surface area is 55.8 Å². The van der Waals surface area contributed by atoms with Gasteiger partial charge < -0.3 is 0 Å². The van der Waals surface area contributed by atoms with Crippen molar-refractivity contribution in [3.63, 3.8) is 0 Å². The van der Waals surface area contributed by atoms with Crippen molar-refractivity contribution in [2.45, 2.75) is 31.7 Å². The molecule has 1 aliphatic rings. The van der Waals surface area contributed by atoms with Crippen molar-refractivity contribution in [1.82, 2.24) is 0 Å². The highest BCUT2D eigenvalue weighted by atomic mass is 16.3. The molecule has 2 heteroatoms. The van der Waals surface area contributed by atoms with E-state index in [2.05, 4.69) is 6.92 Å². The molecule has 0 saturated carbocycles. The van der Waals surface area contributed by atoms with Gasteiger partial charge in [-0.25, -0.2) is 0 Å². The molecule has 1 saturated heterocycles. The molecule has 1 unspecified atom stereocenters. The molecule has 2 nitrogen and oxygen atoms in total. The highest BCUT2D eigenvalue weighted by molar-refractivity contribution is 4.62. The highest BCUT2D eigenvalue weighted by Crippen LogP contribution is 2.15. The Bertz CT molecular complexity index is 111. The van der Waals surface area contributed by atoms with E-state index in [4.69, 9.17) is 0 Å². The average molecular weight is 127 g/mol. The first-order valence-corrected chi connectivity index (χ1v) is 3.57. The van der Waals surface area contributed by atoms with Crippen LogP contribution in [0.15, 0.2) is 0 Å². The van der Waals surface area contributed by atoms with Crippen LogP contribution in [0, 0.1) is 11.8 Å². The molecule has 0 aromatic carbocycles. The van der Waals surface area contributed by atoms with Crippen LogP contribution >= 0.6 is 0 Å². The van der Waals surface area contributed by atoms with Crippen LogP contribution in [0.4, 0.5) is 0 Å². The van der Waals surface area contributed by atoms with Crippen LogP contribution in [0.2, 0.25) is 0 Å². The van der Waals surface area contributed by atoms with Crippen LogP contribution in [0.25, 0.3) is 0 Å². The van der Waals surface area contributed by atoms with Gasteiger partial charge in [0, 0.05) is 28.9 Å². The molecule has 1 radical (unpaired) electrons. The van der Waals surface area contributed by atoms with Crippen LogP contribution in [0.1, 0.15) is 25.7 Å². The molecule has 1 atom stereocenters. The summed E-state index contributed by atoms with van der Waals surface area (Å²) in [5, 5.41) is 0. The average Bonchev–Trinajstić information content (AvgIpc) is 2.18. The van der Waals surface area contributed by atoms with Gasteiger partial charge in [-0.15, -0.1) is 0 Å². The molecule has 51 valence electrons. The first kappa shape index (κ1) is 6.72. The summed E-state index contributed by atoms with van der Waals surface area (Å²) in [6, 6.07) is 0.294. The Morgan fingerprint density at radius 3 is 2.89 bits per heavy atom. The maximum Gasteiger partial charge on any atom is 0.201 e. The van der Waals surface area contributed by atoms with Crippen molar-refractivity contribution >= 4 is 0 Å². The Morgan fingerprint density at radius 2 is 2.44 bits per heavy atom. The fourth-order valence-corrected chi connectivity index (χ4v) is 1.33. The predicted octanol–water partition coefficient (Wildman–Crippen LogP) is 1.54. The van der Waals surface area contributed by atoms with Crippen molar-refractivity contribution in [2.24, 2.45) is 0 Å². The zero-order valence-corrected chi connectivity index (χ0v) is 5.68. The summed E-state index contributed by atoms with van der Waals surface area (Å²) in [6.45, 7) is 4.46. The molecule has 9 heavy (non-hydrogen) atoms. The molecular formula is C7H13NO+. The van der Waals surface area contributed by atoms with Crippen molar-refractivity contribution in [3.05, 3.63) is 11.8 Å². The minimum absolute atomic E-state index is 0.294. The second-order valence-corrected chi connectivity index (χ2v) is 2.58. The number of hydrogen-bond acceptors (Lipinski definition) is 1. The second kappa shape index (κ2) is 2.95. The summed E-state index contributed by atoms with van der Waals surface area (Å²) in [5.41, 5.74) is 0. The number of nitrogens with zero attached hydrogens (tertiary/aromatic N) is 1. The first-order chi connectivity index (χ1) is 4.34. The molecule has 0 amide bonds. The summed E-state index contributed by atoms with van der Waals surface area (Å²) in [5.74, 6) is 0. The van der Waals surface area contributed by atoms with E-state index in [9.17, 15) is 4.91 Å². The second-order valence-electron chi connectivity index (χ2n) is 2.58. The van der Waals surface area contributed by atoms with Gasteiger partial charge in [0.1, 0.15) is 0 Å². The summed E-state index contributed by atoms with van der Waals surface area (Å²) in [7, 11) is 0. The van der Waals surface area contributed by atoms with Crippen LogP contribution in [0.5, 0.6) is 0 Å². The van der Waals surface area contributed by atoms with E-state index >= 15 is 0 Å². The van der Waals surface area contributed by atoms with Crippen molar-refractivity contribution in [3.8, 4) is 0 Å². The molecule has 0 bridgehead atoms. The van der Waals surface area contributed by atoms with E-state index < -0.39 is 0 Å². The van der Waals surface area contributed by atoms with Crippen LogP contribution < -0.4 is 0 Å². The van der Waals surface area contributed by atoms with Crippen molar-refractivity contribution in [1.29, 1.82) is 0 Å². The lowest BCUT2D eigenvalue weighted by molar-refractivity contribution is -0.565. The highest BCUT2D eigenvalue weighted by Gasteiger charge is 2.29. The van der Waals surface area contributed by atoms with E-state index in [-0.39, 0.29) is 0 Å². The quantitative estimate of drug-likeness (QED) is 0.515. The Balaban J connectivity index is 2.31. The van der Waals surface area contributed by atoms with E-state index in [0.717, 1.165) is 32.2 Å². The van der Waals surface area contributed by atoms with Gasteiger partial charge in [-0.3, -0.25) is 0 Å². The molecule has 0 aromatic rings. The monoisotopic (exact) mass is 127 g/mol. The largest absolute Gasteiger partial charge is 0.201 e. The van der Waals surface area contributed by atoms with E-state index in [1.807, 2.05) is 0 Å². The van der Waals surface area contributed by atoms with Gasteiger partial charge in [0.15, 0.2) is 6.54 Å². The third kappa shape index (κ3) is 1.50. The molecule has 1 heterocycles. The van der Waals surface area contributed by atoms with Gasteiger partial charge in [0.2, 0.25) is 6.04 Å². The summed E-state index contributed by atoms with van der Waals surface area (Å²) in [4.78, 5) is 10.9. The molecule has 0 N–H and O–H groups in total. The zero-order valence-electron chi connectivity index (χ0n) is 5.68. The molecule has 1 aliphatic heterocycles. The van der Waals surface area contributed by atoms with E-state index in [1.54, 1.807) is 0 Å². The molecular weight excluding hydrogens is 114 g/mol. The van der Waals surface area contributed by atoms with Crippen LogP contribution in [0.3, 0.4) is 0 Å². The fraction of sp³-hybridized carbons (Fsp3) is 0.857. The topological polar surface area (TPSA) is 20.1 Å². The molecule has 1 fully saturated rings. The van der Waals surface area contributed by atoms with Gasteiger partial charge in [0.05, 0.1) is 0 Å². The van der Waals surface area contributed by atoms with Gasteiger partial charge in [-0.05, 0) is 6.42 Å². The minimum Gasteiger partial charge on any atom is -0.0530 e. The number of rotatable bonds is 2. The standard InChI is InChI=1S/C7H13NO/c1-2-4-7-5-3-6-8(7)9/h7H,1-6H2/q+1. The number of nitroso groups, excluding NO2 is 1. The maximum atomic E-state index is 10.9. The lowest BCUT2D eigenvalue weighted by Crippen LogP contribution is -2.15. The number of hydrogen-bond donors (Lipinski definition) is 0. The van der Waals surface area contributed by atoms with E-state index in [1.165, 1.54) is 4.76 Å². The fourth-order valence-electron chi connectivity index (χ4n) is 1.33. The lowest BCUT2D eigenvalue weighted by atomic mass is 10.1. The smallest absolute Gasteiger partial charge is 0.0530 e. The van der Waals surface area contributed by atoms with Gasteiger partial charge >= 0.3 is 0 Å². The van der Waals surface area contributed by atoms with Gasteiger partial charge in [0.25, 0.3) is 0 Å². The van der Waals surface area contributed by atoms with Crippen LogP contribution in [-0.4, -0.2) is 17.3 Å². The van der Waals surface area contributed by atoms with Gasteiger partial charge in [-0.2, -0.15) is 0 Å². The minimum atomic E-state index is 0.294. The molecule has 0 aromatic heterocycles. The van der Waals surface area contributed by atoms with Crippen molar-refractivity contribution in [2.75, 3.05) is 6.54 Å². The SMILES string of the molecule is [CH2]CCC1CCC[N+]1=O. The summed E-state index contributed by atoms with van der Waals surface area (Å²) < 4.78 is 1.20. The Morgan fingerprint density at radius 1 is 1.67 bits per heavy atom. The predicted molar refractivity (Wildman–Crippen MR) is 36.1 cm³/mol. The molecule has 1 rings (SSSR count). The summed E-state index contributed by atoms with van der Waals surface area (Å²) >= 11 is 0. The lowest BCUT2D eigenvalue weighted by Gasteiger charge is -1.95. The molecule has 0 spiro atoms. The van der Waals surface area contributed by atoms with E-state index in [0.29, 0.717) is 6.04 Å². The summed E-state index contributed by atoms with van der Waals surface area (Å²) in [6.07, 6.45) is 4.03. The van der Waals surface area contributed by atoms with Gasteiger partial charge in [-0.1, -0.05) is 6.92 Å². The maximum absolute atomic E-state index is 10.9. The van der Waals surface area contributed by atoms with Crippen LogP contribution in [-0.2, 0) is 0 Å². The Kier molecular flexibility index (Phi) is 2.20. The third-order valence-electron chi connectivity index (χ3n) is 1.86. The molecule has 0 aliphatic carbocycles. The Hall–Kier alpha value is -0.400.